The van der Waals surface area contributed by atoms with Crippen LogP contribution in [0.25, 0.3) is 0 Å². The highest BCUT2D eigenvalue weighted by atomic mass is 19.1. The average molecular weight is 495 g/mol. The van der Waals surface area contributed by atoms with Crippen molar-refractivity contribution >= 4 is 17.6 Å². The number of oxazole rings is 1. The van der Waals surface area contributed by atoms with Gasteiger partial charge in [-0.25, -0.2) is 23.3 Å². The van der Waals surface area contributed by atoms with Gasteiger partial charge in [-0.3, -0.25) is 4.57 Å². The van der Waals surface area contributed by atoms with Crippen LogP contribution in [0.1, 0.15) is 35.0 Å². The first-order valence-electron chi connectivity index (χ1n) is 11.0. The number of hydrogen-bond donors (Lipinski definition) is 2. The molecule has 0 saturated heterocycles. The van der Waals surface area contributed by atoms with E-state index in [4.69, 9.17) is 14.3 Å². The first-order chi connectivity index (χ1) is 17.2. The topological polar surface area (TPSA) is 141 Å². The molecule has 0 unspecified atom stereocenters. The van der Waals surface area contributed by atoms with Crippen molar-refractivity contribution in [3.05, 3.63) is 92.3 Å². The number of aromatic nitrogens is 4. The molecule has 0 amide bonds. The van der Waals surface area contributed by atoms with Gasteiger partial charge < -0.3 is 19.6 Å². The summed E-state index contributed by atoms with van der Waals surface area (Å²) in [6.07, 6.45) is 0.991. The van der Waals surface area contributed by atoms with Crippen molar-refractivity contribution in [3.63, 3.8) is 0 Å². The number of anilines is 2. The van der Waals surface area contributed by atoms with Crippen LogP contribution in [-0.4, -0.2) is 30.2 Å². The lowest BCUT2D eigenvalue weighted by molar-refractivity contribution is 0.0690. The molecule has 11 nitrogen and oxygen atoms in total. The monoisotopic (exact) mass is 495 g/mol. The Balaban J connectivity index is 1.65. The summed E-state index contributed by atoms with van der Waals surface area (Å²) in [7, 11) is 0. The molecule has 2 N–H and O–H groups in total. The SMILES string of the molecule is CCCn1c(=O)nc(Nc2ccc(Oc3nc(C(=O)O)co3)c(F)c2)n(Cc2ccc(C)cc2)c1=O. The minimum Gasteiger partial charge on any atom is -0.476 e. The number of aryl methyl sites for hydroxylation is 1. The Labute approximate surface area is 203 Å². The van der Waals surface area contributed by atoms with Gasteiger partial charge in [0.25, 0.3) is 0 Å². The van der Waals surface area contributed by atoms with E-state index >= 15 is 0 Å². The number of hydrogen-bond acceptors (Lipinski definition) is 8. The molecule has 0 aliphatic rings. The molecule has 4 rings (SSSR count). The molecule has 0 saturated carbocycles. The molecule has 0 radical (unpaired) electrons. The molecule has 2 aromatic heterocycles. The van der Waals surface area contributed by atoms with Crippen LogP contribution in [-0.2, 0) is 13.1 Å². The number of rotatable bonds is 9. The molecule has 0 spiro atoms. The van der Waals surface area contributed by atoms with Crippen LogP contribution < -0.4 is 21.4 Å². The number of carboxylic acids is 1. The molecule has 0 fully saturated rings. The normalized spacial score (nSPS) is 10.9. The molecule has 0 aliphatic carbocycles. The predicted molar refractivity (Wildman–Crippen MR) is 127 cm³/mol. The summed E-state index contributed by atoms with van der Waals surface area (Å²) < 4.78 is 27.1. The zero-order valence-corrected chi connectivity index (χ0v) is 19.4. The number of nitrogens with zero attached hydrogens (tertiary/aromatic N) is 4. The Morgan fingerprint density at radius 2 is 1.89 bits per heavy atom. The molecular formula is C24H22FN5O6. The fraction of sp³-hybridized carbons (Fsp3) is 0.208. The van der Waals surface area contributed by atoms with Crippen molar-refractivity contribution in [2.75, 3.05) is 5.32 Å². The van der Waals surface area contributed by atoms with Crippen molar-refractivity contribution in [2.24, 2.45) is 0 Å². The number of carboxylic acid groups (broad SMARTS) is 1. The van der Waals surface area contributed by atoms with Gasteiger partial charge in [0.2, 0.25) is 5.95 Å². The molecule has 0 bridgehead atoms. The minimum atomic E-state index is -1.32. The maximum absolute atomic E-state index is 14.7. The number of benzene rings is 2. The van der Waals surface area contributed by atoms with Crippen LogP contribution in [0.4, 0.5) is 16.0 Å². The molecule has 0 aliphatic heterocycles. The molecule has 2 heterocycles. The van der Waals surface area contributed by atoms with E-state index in [-0.39, 0.29) is 36.2 Å². The van der Waals surface area contributed by atoms with Crippen LogP contribution in [0.3, 0.4) is 0 Å². The molecule has 4 aromatic rings. The Morgan fingerprint density at radius 1 is 1.14 bits per heavy atom. The van der Waals surface area contributed by atoms with Gasteiger partial charge in [0.1, 0.15) is 6.26 Å². The molecule has 12 heteroatoms. The van der Waals surface area contributed by atoms with Crippen LogP contribution in [0.2, 0.25) is 0 Å². The number of nitrogens with one attached hydrogen (secondary N) is 1. The van der Waals surface area contributed by atoms with Crippen molar-refractivity contribution in [3.8, 4) is 11.8 Å². The van der Waals surface area contributed by atoms with Crippen LogP contribution >= 0.6 is 0 Å². The van der Waals surface area contributed by atoms with Crippen molar-refractivity contribution in [2.45, 2.75) is 33.4 Å². The van der Waals surface area contributed by atoms with E-state index in [0.717, 1.165) is 28.0 Å². The van der Waals surface area contributed by atoms with Crippen molar-refractivity contribution in [1.29, 1.82) is 0 Å². The highest BCUT2D eigenvalue weighted by Gasteiger charge is 2.17. The first kappa shape index (κ1) is 24.4. The van der Waals surface area contributed by atoms with Gasteiger partial charge in [0.15, 0.2) is 17.3 Å². The Bertz CT molecular complexity index is 1520. The van der Waals surface area contributed by atoms with E-state index in [1.807, 2.05) is 38.1 Å². The summed E-state index contributed by atoms with van der Waals surface area (Å²) in [5, 5.41) is 11.7. The number of halogens is 1. The third-order valence-electron chi connectivity index (χ3n) is 5.15. The van der Waals surface area contributed by atoms with Crippen molar-refractivity contribution < 1.29 is 23.4 Å². The minimum absolute atomic E-state index is 0.0511. The van der Waals surface area contributed by atoms with E-state index in [0.29, 0.717) is 6.42 Å². The van der Waals surface area contributed by atoms with Crippen LogP contribution in [0.15, 0.2) is 62.7 Å². The summed E-state index contributed by atoms with van der Waals surface area (Å²) in [5.74, 6) is -2.48. The first-order valence-corrected chi connectivity index (χ1v) is 11.0. The maximum Gasteiger partial charge on any atom is 0.400 e. The average Bonchev–Trinajstić information content (AvgIpc) is 3.31. The number of ether oxygens (including phenoxy) is 1. The second-order valence-electron chi connectivity index (χ2n) is 7.90. The summed E-state index contributed by atoms with van der Waals surface area (Å²) in [6.45, 7) is 4.14. The van der Waals surface area contributed by atoms with Gasteiger partial charge in [-0.2, -0.15) is 9.97 Å². The van der Waals surface area contributed by atoms with Crippen LogP contribution in [0.5, 0.6) is 11.8 Å². The van der Waals surface area contributed by atoms with Gasteiger partial charge in [0, 0.05) is 18.3 Å². The van der Waals surface area contributed by atoms with E-state index < -0.39 is 29.2 Å². The van der Waals surface area contributed by atoms with Crippen molar-refractivity contribution in [1.82, 2.24) is 19.1 Å². The lowest BCUT2D eigenvalue weighted by Crippen LogP contribution is -2.42. The van der Waals surface area contributed by atoms with E-state index in [1.54, 1.807) is 0 Å². The number of carbonyl (C=O) groups is 1. The Hall–Kier alpha value is -4.74. The zero-order chi connectivity index (χ0) is 25.8. The summed E-state index contributed by atoms with van der Waals surface area (Å²) in [4.78, 5) is 44.1. The van der Waals surface area contributed by atoms with Gasteiger partial charge in [-0.15, -0.1) is 0 Å². The van der Waals surface area contributed by atoms with E-state index in [1.165, 1.54) is 16.7 Å². The second-order valence-corrected chi connectivity index (χ2v) is 7.90. The quantitative estimate of drug-likeness (QED) is 0.357. The summed E-state index contributed by atoms with van der Waals surface area (Å²) in [5.41, 5.74) is 0.410. The lowest BCUT2D eigenvalue weighted by atomic mass is 10.1. The fourth-order valence-corrected chi connectivity index (χ4v) is 3.35. The fourth-order valence-electron chi connectivity index (χ4n) is 3.35. The van der Waals surface area contributed by atoms with Gasteiger partial charge in [0.05, 0.1) is 6.54 Å². The van der Waals surface area contributed by atoms with E-state index in [2.05, 4.69) is 15.3 Å². The largest absolute Gasteiger partial charge is 0.476 e. The lowest BCUT2D eigenvalue weighted by Gasteiger charge is -2.16. The standard InChI is InChI=1S/C24H22FN5O6/c1-3-10-29-22(33)28-21(30(24(29)34)12-15-6-4-14(2)5-7-15)26-16-8-9-19(17(25)11-16)36-23-27-18(13-35-23)20(31)32/h4-9,11,13H,3,10,12H2,1-2H3,(H,31,32)(H,26,28,33). The highest BCUT2D eigenvalue weighted by Crippen LogP contribution is 2.27. The summed E-state index contributed by atoms with van der Waals surface area (Å²) >= 11 is 0. The smallest absolute Gasteiger partial charge is 0.400 e. The molecular weight excluding hydrogens is 473 g/mol. The third kappa shape index (κ3) is 5.32. The number of aromatic carboxylic acids is 1. The van der Waals surface area contributed by atoms with Crippen LogP contribution in [0, 0.1) is 12.7 Å². The molecule has 36 heavy (non-hydrogen) atoms. The molecule has 186 valence electrons. The third-order valence-corrected chi connectivity index (χ3v) is 5.15. The van der Waals surface area contributed by atoms with Gasteiger partial charge in [-0.1, -0.05) is 36.8 Å². The summed E-state index contributed by atoms with van der Waals surface area (Å²) in [6, 6.07) is 11.3. The second kappa shape index (κ2) is 10.3. The highest BCUT2D eigenvalue weighted by molar-refractivity contribution is 5.84. The van der Waals surface area contributed by atoms with Gasteiger partial charge >= 0.3 is 23.4 Å². The molecule has 0 atom stereocenters. The zero-order valence-electron chi connectivity index (χ0n) is 19.4. The van der Waals surface area contributed by atoms with E-state index in [9.17, 15) is 18.8 Å². The maximum atomic E-state index is 14.7. The Kier molecular flexibility index (Phi) is 6.95. The van der Waals surface area contributed by atoms with Gasteiger partial charge in [-0.05, 0) is 31.0 Å². The Morgan fingerprint density at radius 3 is 2.53 bits per heavy atom. The molecule has 2 aromatic carbocycles. The predicted octanol–water partition coefficient (Wildman–Crippen LogP) is 3.53.